The number of hydrogen-bond acceptors (Lipinski definition) is 6. The van der Waals surface area contributed by atoms with Gasteiger partial charge in [-0.3, -0.25) is 19.9 Å². The molecule has 2 atom stereocenters. The number of nitrogens with zero attached hydrogens (tertiary/aromatic N) is 6. The van der Waals surface area contributed by atoms with Gasteiger partial charge in [-0.15, -0.1) is 0 Å². The number of fused-ring (bicyclic) bond motifs is 6. The molecule has 0 fully saturated rings. The van der Waals surface area contributed by atoms with Crippen LogP contribution in [0.2, 0.25) is 0 Å². The summed E-state index contributed by atoms with van der Waals surface area (Å²) in [6.45, 7) is 4.73. The summed E-state index contributed by atoms with van der Waals surface area (Å²) in [6, 6.07) is 55.2. The summed E-state index contributed by atoms with van der Waals surface area (Å²) in [5.41, 5.74) is 13.1. The number of rotatable bonds is 7. The lowest BCUT2D eigenvalue weighted by molar-refractivity contribution is 0.374. The van der Waals surface area contributed by atoms with E-state index in [-0.39, 0.29) is 0 Å². The highest BCUT2D eigenvalue weighted by molar-refractivity contribution is 5.88. The van der Waals surface area contributed by atoms with Crippen molar-refractivity contribution >= 4 is 34.1 Å². The van der Waals surface area contributed by atoms with Crippen molar-refractivity contribution < 1.29 is 0 Å². The van der Waals surface area contributed by atoms with Gasteiger partial charge in [-0.1, -0.05) is 98.8 Å². The average molecular weight is 697 g/mol. The van der Waals surface area contributed by atoms with E-state index in [9.17, 15) is 0 Å². The van der Waals surface area contributed by atoms with Gasteiger partial charge in [0.2, 0.25) is 0 Å². The van der Waals surface area contributed by atoms with Crippen LogP contribution in [0.1, 0.15) is 36.1 Å². The Morgan fingerprint density at radius 2 is 0.648 bits per heavy atom. The first-order valence-electron chi connectivity index (χ1n) is 18.3. The Labute approximate surface area is 315 Å². The second kappa shape index (κ2) is 12.3. The molecule has 0 radical (unpaired) electrons. The zero-order chi connectivity index (χ0) is 36.3. The quantitative estimate of drug-likeness (QED) is 0.165. The Morgan fingerprint density at radius 3 is 0.981 bits per heavy atom. The fourth-order valence-electron chi connectivity index (χ4n) is 8.86. The third-order valence-corrected chi connectivity index (χ3v) is 11.5. The Balaban J connectivity index is 1.23. The fourth-order valence-corrected chi connectivity index (χ4v) is 8.86. The van der Waals surface area contributed by atoms with Crippen LogP contribution in [0.25, 0.3) is 22.8 Å². The van der Waals surface area contributed by atoms with E-state index in [0.29, 0.717) is 0 Å². The zero-order valence-corrected chi connectivity index (χ0v) is 30.0. The largest absolute Gasteiger partial charge is 0.309 e. The van der Waals surface area contributed by atoms with Crippen LogP contribution in [0, 0.1) is 0 Å². The van der Waals surface area contributed by atoms with E-state index in [4.69, 9.17) is 19.9 Å². The van der Waals surface area contributed by atoms with E-state index < -0.39 is 10.8 Å². The van der Waals surface area contributed by atoms with Gasteiger partial charge in [0.15, 0.2) is 0 Å². The molecule has 258 valence electrons. The van der Waals surface area contributed by atoms with Gasteiger partial charge in [-0.05, 0) is 95.1 Å². The topological polar surface area (TPSA) is 58.0 Å². The van der Waals surface area contributed by atoms with E-state index in [0.717, 1.165) is 79.2 Å². The predicted octanol–water partition coefficient (Wildman–Crippen LogP) is 11.5. The van der Waals surface area contributed by atoms with E-state index in [2.05, 4.69) is 181 Å². The van der Waals surface area contributed by atoms with Crippen LogP contribution in [0.4, 0.5) is 34.1 Å². The molecule has 0 aliphatic heterocycles. The molecule has 0 bridgehead atoms. The van der Waals surface area contributed by atoms with Gasteiger partial charge in [0.25, 0.3) is 0 Å². The number of anilines is 6. The van der Waals surface area contributed by atoms with Crippen molar-refractivity contribution in [3.05, 3.63) is 205 Å². The molecule has 2 aliphatic rings. The molecule has 6 heteroatoms. The summed E-state index contributed by atoms with van der Waals surface area (Å²) in [5.74, 6) is 0. The molecule has 4 aromatic carbocycles. The molecular formula is C48H36N6. The zero-order valence-electron chi connectivity index (χ0n) is 30.0. The maximum Gasteiger partial charge on any atom is 0.0932 e. The van der Waals surface area contributed by atoms with Gasteiger partial charge >= 0.3 is 0 Å². The second-order valence-electron chi connectivity index (χ2n) is 14.2. The van der Waals surface area contributed by atoms with Gasteiger partial charge in [0, 0.05) is 46.0 Å². The summed E-state index contributed by atoms with van der Waals surface area (Å²) in [6.07, 6.45) is 7.73. The Hall–Kier alpha value is -6.92. The van der Waals surface area contributed by atoms with Gasteiger partial charge in [0.05, 0.1) is 46.5 Å². The average Bonchev–Trinajstić information content (AvgIpc) is 3.66. The van der Waals surface area contributed by atoms with Gasteiger partial charge in [-0.25, -0.2) is 0 Å². The summed E-state index contributed by atoms with van der Waals surface area (Å²) in [7, 11) is 0. The van der Waals surface area contributed by atoms with Crippen LogP contribution in [-0.2, 0) is 10.8 Å². The molecule has 2 unspecified atom stereocenters. The van der Waals surface area contributed by atoms with E-state index in [1.165, 1.54) is 0 Å². The number of para-hydroxylation sites is 4. The molecule has 0 N–H and O–H groups in total. The molecule has 4 aromatic heterocycles. The molecule has 10 rings (SSSR count). The molecule has 6 nitrogen and oxygen atoms in total. The maximum atomic E-state index is 5.26. The fraction of sp³-hybridized carbons (Fsp3) is 0.0833. The maximum absolute atomic E-state index is 5.26. The van der Waals surface area contributed by atoms with Crippen LogP contribution in [-0.4, -0.2) is 19.9 Å². The van der Waals surface area contributed by atoms with E-state index in [1.807, 2.05) is 24.8 Å². The minimum absolute atomic E-state index is 0.623. The molecule has 0 saturated heterocycles. The molecule has 0 amide bonds. The smallest absolute Gasteiger partial charge is 0.0932 e. The van der Waals surface area contributed by atoms with Crippen LogP contribution in [0.15, 0.2) is 183 Å². The first-order chi connectivity index (χ1) is 26.6. The lowest BCUT2D eigenvalue weighted by Crippen LogP contribution is -2.44. The summed E-state index contributed by atoms with van der Waals surface area (Å²) in [4.78, 5) is 25.1. The molecule has 0 spiro atoms. The van der Waals surface area contributed by atoms with Crippen LogP contribution < -0.4 is 9.80 Å². The molecule has 2 aliphatic carbocycles. The first kappa shape index (κ1) is 31.8. The van der Waals surface area contributed by atoms with Crippen molar-refractivity contribution in [3.63, 3.8) is 0 Å². The normalized spacial score (nSPS) is 17.6. The highest BCUT2D eigenvalue weighted by atomic mass is 15.2. The lowest BCUT2D eigenvalue weighted by atomic mass is 9.56. The highest BCUT2D eigenvalue weighted by Crippen LogP contribution is 2.64. The van der Waals surface area contributed by atoms with Crippen molar-refractivity contribution in [1.82, 2.24) is 19.9 Å². The SMILES string of the molecule is CC1(C2(C)c3cccnc3-c3ncc(N(c4ccccc4)c4ccccc4)cc32)c2cccnc2-c2ncc(N(c3ccccc3)c3ccccc3)cc21. The number of benzene rings is 4. The van der Waals surface area contributed by atoms with E-state index >= 15 is 0 Å². The third-order valence-electron chi connectivity index (χ3n) is 11.5. The molecule has 4 heterocycles. The lowest BCUT2D eigenvalue weighted by Gasteiger charge is -2.44. The van der Waals surface area contributed by atoms with Crippen molar-refractivity contribution in [3.8, 4) is 22.8 Å². The van der Waals surface area contributed by atoms with Gasteiger partial charge in [-0.2, -0.15) is 0 Å². The van der Waals surface area contributed by atoms with Crippen molar-refractivity contribution in [2.75, 3.05) is 9.80 Å². The molecule has 8 aromatic rings. The number of pyridine rings is 4. The molecule has 0 saturated carbocycles. The van der Waals surface area contributed by atoms with Crippen LogP contribution in [0.3, 0.4) is 0 Å². The second-order valence-corrected chi connectivity index (χ2v) is 14.2. The first-order valence-corrected chi connectivity index (χ1v) is 18.3. The molecular weight excluding hydrogens is 661 g/mol. The molecule has 54 heavy (non-hydrogen) atoms. The van der Waals surface area contributed by atoms with Gasteiger partial charge in [0.1, 0.15) is 0 Å². The standard InChI is InChI=1S/C48H36N6/c1-47(39-25-15-27-49-43(39)45-41(47)29-37(31-51-45)53(33-17-7-3-8-18-33)34-19-9-4-10-20-34)48(2)40-26-16-28-50-44(40)46-42(48)30-38(32-52-46)54(35-21-11-5-12-22-35)36-23-13-6-14-24-36/h3-32H,1-2H3. The minimum atomic E-state index is -0.623. The minimum Gasteiger partial charge on any atom is -0.309 e. The Morgan fingerprint density at radius 1 is 0.333 bits per heavy atom. The van der Waals surface area contributed by atoms with Crippen LogP contribution >= 0.6 is 0 Å². The summed E-state index contributed by atoms with van der Waals surface area (Å²) >= 11 is 0. The van der Waals surface area contributed by atoms with Crippen molar-refractivity contribution in [2.24, 2.45) is 0 Å². The monoisotopic (exact) mass is 696 g/mol. The van der Waals surface area contributed by atoms with E-state index in [1.54, 1.807) is 0 Å². The number of hydrogen-bond donors (Lipinski definition) is 0. The Kier molecular flexibility index (Phi) is 7.27. The van der Waals surface area contributed by atoms with Gasteiger partial charge < -0.3 is 9.80 Å². The Bertz CT molecular complexity index is 2380. The van der Waals surface area contributed by atoms with Crippen molar-refractivity contribution in [2.45, 2.75) is 24.7 Å². The third kappa shape index (κ3) is 4.59. The summed E-state index contributed by atoms with van der Waals surface area (Å²) < 4.78 is 0. The number of aromatic nitrogens is 4. The summed E-state index contributed by atoms with van der Waals surface area (Å²) in [5, 5.41) is 0. The van der Waals surface area contributed by atoms with Crippen molar-refractivity contribution in [1.29, 1.82) is 0 Å². The van der Waals surface area contributed by atoms with Crippen LogP contribution in [0.5, 0.6) is 0 Å². The predicted molar refractivity (Wildman–Crippen MR) is 217 cm³/mol. The highest BCUT2D eigenvalue weighted by Gasteiger charge is 2.59.